The van der Waals surface area contributed by atoms with Crippen molar-refractivity contribution >= 4 is 0 Å². The summed E-state index contributed by atoms with van der Waals surface area (Å²) in [5, 5.41) is 3.21. The molecule has 1 aromatic carbocycles. The third-order valence-electron chi connectivity index (χ3n) is 2.95. The lowest BCUT2D eigenvalue weighted by Gasteiger charge is -2.25. The predicted molar refractivity (Wildman–Crippen MR) is 68.6 cm³/mol. The fraction of sp³-hybridized carbons (Fsp3) is 0.571. The molecule has 0 bridgehead atoms. The number of benzene rings is 1. The highest BCUT2D eigenvalue weighted by Gasteiger charge is 2.20. The molecule has 0 heterocycles. The molecule has 0 amide bonds. The summed E-state index contributed by atoms with van der Waals surface area (Å²) < 4.78 is 32.7. The average molecular weight is 257 g/mol. The van der Waals surface area contributed by atoms with Gasteiger partial charge in [-0.05, 0) is 38.9 Å². The van der Waals surface area contributed by atoms with E-state index >= 15 is 0 Å². The van der Waals surface area contributed by atoms with Gasteiger partial charge < -0.3 is 10.1 Å². The first-order valence-electron chi connectivity index (χ1n) is 6.38. The molecule has 0 saturated carbocycles. The number of hydrogen-bond acceptors (Lipinski definition) is 2. The Morgan fingerprint density at radius 1 is 1.22 bits per heavy atom. The van der Waals surface area contributed by atoms with Crippen molar-refractivity contribution in [3.63, 3.8) is 0 Å². The van der Waals surface area contributed by atoms with Crippen LogP contribution in [0.4, 0.5) is 8.78 Å². The minimum Gasteiger partial charge on any atom is -0.377 e. The molecule has 0 aliphatic carbocycles. The first-order valence-corrected chi connectivity index (χ1v) is 6.38. The Morgan fingerprint density at radius 3 is 2.33 bits per heavy atom. The van der Waals surface area contributed by atoms with E-state index in [-0.39, 0.29) is 24.1 Å². The van der Waals surface area contributed by atoms with Gasteiger partial charge in [-0.2, -0.15) is 0 Å². The summed E-state index contributed by atoms with van der Waals surface area (Å²) in [6.07, 6.45) is 0.196. The van der Waals surface area contributed by atoms with Crippen LogP contribution in [0.15, 0.2) is 18.2 Å². The maximum Gasteiger partial charge on any atom is 0.129 e. The zero-order valence-electron chi connectivity index (χ0n) is 11.2. The molecule has 1 N–H and O–H groups in total. The van der Waals surface area contributed by atoms with Crippen LogP contribution in [0.1, 0.15) is 26.3 Å². The van der Waals surface area contributed by atoms with Crippen molar-refractivity contribution < 1.29 is 13.5 Å². The van der Waals surface area contributed by atoms with Crippen molar-refractivity contribution in [3.8, 4) is 0 Å². The van der Waals surface area contributed by atoms with Crippen molar-refractivity contribution in [1.29, 1.82) is 0 Å². The van der Waals surface area contributed by atoms with Crippen LogP contribution in [0.2, 0.25) is 0 Å². The third kappa shape index (κ3) is 4.03. The Bertz CT molecular complexity index is 351. The van der Waals surface area contributed by atoms with Crippen LogP contribution in [0, 0.1) is 11.6 Å². The highest BCUT2D eigenvalue weighted by atomic mass is 19.1. The Morgan fingerprint density at radius 2 is 1.83 bits per heavy atom. The largest absolute Gasteiger partial charge is 0.377 e. The number of likely N-dealkylation sites (N-methyl/N-ethyl adjacent to an activating group) is 1. The Labute approximate surface area is 107 Å². The van der Waals surface area contributed by atoms with Gasteiger partial charge in [0, 0.05) is 18.2 Å². The molecule has 1 aromatic rings. The van der Waals surface area contributed by atoms with Crippen LogP contribution < -0.4 is 5.32 Å². The van der Waals surface area contributed by atoms with E-state index in [1.807, 2.05) is 20.8 Å². The molecule has 0 aliphatic rings. The van der Waals surface area contributed by atoms with Crippen molar-refractivity contribution in [2.24, 2.45) is 0 Å². The van der Waals surface area contributed by atoms with Gasteiger partial charge in [0.2, 0.25) is 0 Å². The number of halogens is 2. The summed E-state index contributed by atoms with van der Waals surface area (Å²) in [6, 6.07) is 3.85. The van der Waals surface area contributed by atoms with E-state index in [0.717, 1.165) is 6.54 Å². The maximum atomic E-state index is 13.6. The SMILES string of the molecule is CCNC(Cc1c(F)cccc1F)C(C)OCC. The zero-order valence-corrected chi connectivity index (χ0v) is 11.2. The van der Waals surface area contributed by atoms with Gasteiger partial charge >= 0.3 is 0 Å². The molecule has 0 spiro atoms. The molecule has 2 atom stereocenters. The first kappa shape index (κ1) is 15.1. The summed E-state index contributed by atoms with van der Waals surface area (Å²) in [4.78, 5) is 0. The highest BCUT2D eigenvalue weighted by molar-refractivity contribution is 5.21. The molecule has 2 unspecified atom stereocenters. The first-order chi connectivity index (χ1) is 8.60. The molecule has 0 aliphatic heterocycles. The molecule has 2 nitrogen and oxygen atoms in total. The smallest absolute Gasteiger partial charge is 0.129 e. The normalized spacial score (nSPS) is 14.5. The number of hydrogen-bond donors (Lipinski definition) is 1. The van der Waals surface area contributed by atoms with Gasteiger partial charge in [-0.15, -0.1) is 0 Å². The zero-order chi connectivity index (χ0) is 13.5. The van der Waals surface area contributed by atoms with Gasteiger partial charge in [-0.1, -0.05) is 13.0 Å². The van der Waals surface area contributed by atoms with Crippen LogP contribution in [-0.4, -0.2) is 25.3 Å². The van der Waals surface area contributed by atoms with E-state index < -0.39 is 11.6 Å². The lowest BCUT2D eigenvalue weighted by atomic mass is 10.0. The Kier molecular flexibility index (Phi) is 6.22. The molecular weight excluding hydrogens is 236 g/mol. The van der Waals surface area contributed by atoms with Crippen LogP contribution in [-0.2, 0) is 11.2 Å². The second-order valence-electron chi connectivity index (χ2n) is 4.23. The van der Waals surface area contributed by atoms with E-state index in [9.17, 15) is 8.78 Å². The second-order valence-corrected chi connectivity index (χ2v) is 4.23. The van der Waals surface area contributed by atoms with Crippen molar-refractivity contribution in [3.05, 3.63) is 35.4 Å². The van der Waals surface area contributed by atoms with Crippen molar-refractivity contribution in [2.75, 3.05) is 13.2 Å². The quantitative estimate of drug-likeness (QED) is 0.811. The lowest BCUT2D eigenvalue weighted by Crippen LogP contribution is -2.41. The minimum atomic E-state index is -0.499. The second kappa shape index (κ2) is 7.44. The van der Waals surface area contributed by atoms with E-state index in [4.69, 9.17) is 4.74 Å². The summed E-state index contributed by atoms with van der Waals surface area (Å²) in [5.41, 5.74) is 0.120. The lowest BCUT2D eigenvalue weighted by molar-refractivity contribution is 0.0476. The minimum absolute atomic E-state index is 0.0889. The molecule has 102 valence electrons. The fourth-order valence-corrected chi connectivity index (χ4v) is 1.99. The Hall–Kier alpha value is -1.00. The molecule has 1 rings (SSSR count). The fourth-order valence-electron chi connectivity index (χ4n) is 1.99. The standard InChI is InChI=1S/C14H21F2NO/c1-4-17-14(10(3)18-5-2)9-11-12(15)7-6-8-13(11)16/h6-8,10,14,17H,4-5,9H2,1-3H3. The monoisotopic (exact) mass is 257 g/mol. The predicted octanol–water partition coefficient (Wildman–Crippen LogP) is 2.91. The average Bonchev–Trinajstić information content (AvgIpc) is 2.33. The topological polar surface area (TPSA) is 21.3 Å². The van der Waals surface area contributed by atoms with Gasteiger partial charge in [-0.3, -0.25) is 0 Å². The van der Waals surface area contributed by atoms with E-state index in [1.165, 1.54) is 18.2 Å². The maximum absolute atomic E-state index is 13.6. The Balaban J connectivity index is 2.82. The van der Waals surface area contributed by atoms with Crippen LogP contribution in [0.25, 0.3) is 0 Å². The third-order valence-corrected chi connectivity index (χ3v) is 2.95. The summed E-state index contributed by atoms with van der Waals surface area (Å²) in [6.45, 7) is 7.10. The van der Waals surface area contributed by atoms with Gasteiger partial charge in [0.05, 0.1) is 6.10 Å². The van der Waals surface area contributed by atoms with Gasteiger partial charge in [0.15, 0.2) is 0 Å². The van der Waals surface area contributed by atoms with E-state index in [1.54, 1.807) is 0 Å². The van der Waals surface area contributed by atoms with Crippen LogP contribution in [0.5, 0.6) is 0 Å². The van der Waals surface area contributed by atoms with Crippen molar-refractivity contribution in [1.82, 2.24) is 5.32 Å². The van der Waals surface area contributed by atoms with Crippen LogP contribution in [0.3, 0.4) is 0 Å². The molecule has 0 aromatic heterocycles. The summed E-state index contributed by atoms with van der Waals surface area (Å²) >= 11 is 0. The summed E-state index contributed by atoms with van der Waals surface area (Å²) in [7, 11) is 0. The molecule has 18 heavy (non-hydrogen) atoms. The molecule has 0 radical (unpaired) electrons. The molecule has 0 fully saturated rings. The molecule has 0 saturated heterocycles. The van der Waals surface area contributed by atoms with Gasteiger partial charge in [-0.25, -0.2) is 8.78 Å². The van der Waals surface area contributed by atoms with Gasteiger partial charge in [0.25, 0.3) is 0 Å². The number of ether oxygens (including phenoxy) is 1. The van der Waals surface area contributed by atoms with Gasteiger partial charge in [0.1, 0.15) is 11.6 Å². The molecular formula is C14H21F2NO. The number of nitrogens with one attached hydrogen (secondary N) is 1. The van der Waals surface area contributed by atoms with E-state index in [2.05, 4.69) is 5.32 Å². The molecule has 4 heteroatoms. The van der Waals surface area contributed by atoms with E-state index in [0.29, 0.717) is 6.61 Å². The van der Waals surface area contributed by atoms with Crippen LogP contribution >= 0.6 is 0 Å². The summed E-state index contributed by atoms with van der Waals surface area (Å²) in [5.74, 6) is -0.997. The number of rotatable bonds is 7. The van der Waals surface area contributed by atoms with Crippen molar-refractivity contribution in [2.45, 2.75) is 39.3 Å². The highest BCUT2D eigenvalue weighted by Crippen LogP contribution is 2.16.